The van der Waals surface area contributed by atoms with E-state index in [0.29, 0.717) is 19.3 Å². The summed E-state index contributed by atoms with van der Waals surface area (Å²) >= 11 is 0. The highest BCUT2D eigenvalue weighted by atomic mass is 16.5. The minimum atomic E-state index is 0.0517. The molecule has 1 aromatic rings. The maximum Gasteiger partial charge on any atom is 0.123 e. The molecule has 0 bridgehead atoms. The molecule has 0 unspecified atom stereocenters. The molecule has 0 saturated heterocycles. The summed E-state index contributed by atoms with van der Waals surface area (Å²) in [7, 11) is 4.15. The molecule has 19 heavy (non-hydrogen) atoms. The molecule has 4 nitrogen and oxygen atoms in total. The standard InChI is InChI=1S/C15H26N2O2/c1-15(2,17(3)4)11-18-10-12-7-8-19-14(12)9-16-13-5-6-13/h7-8,13,16H,5-6,9-11H2,1-4H3. The minimum Gasteiger partial charge on any atom is -0.468 e. The third kappa shape index (κ3) is 4.34. The van der Waals surface area contributed by atoms with Gasteiger partial charge in [-0.3, -0.25) is 0 Å². The summed E-state index contributed by atoms with van der Waals surface area (Å²) in [6, 6.07) is 2.71. The Morgan fingerprint density at radius 2 is 2.16 bits per heavy atom. The van der Waals surface area contributed by atoms with Crippen molar-refractivity contribution in [3.05, 3.63) is 23.7 Å². The summed E-state index contributed by atoms with van der Waals surface area (Å²) in [4.78, 5) is 2.18. The third-order valence-corrected chi connectivity index (χ3v) is 3.89. The van der Waals surface area contributed by atoms with Crippen LogP contribution in [0.5, 0.6) is 0 Å². The van der Waals surface area contributed by atoms with Gasteiger partial charge in [0.05, 0.1) is 26.0 Å². The molecule has 1 aromatic heterocycles. The predicted octanol–water partition coefficient (Wildman–Crippen LogP) is 2.39. The molecule has 0 radical (unpaired) electrons. The van der Waals surface area contributed by atoms with E-state index in [2.05, 4.69) is 38.2 Å². The van der Waals surface area contributed by atoms with Crippen LogP contribution < -0.4 is 5.32 Å². The lowest BCUT2D eigenvalue weighted by atomic mass is 10.1. The van der Waals surface area contributed by atoms with Crippen molar-refractivity contribution in [2.45, 2.75) is 51.4 Å². The summed E-state index contributed by atoms with van der Waals surface area (Å²) < 4.78 is 11.4. The minimum absolute atomic E-state index is 0.0517. The average Bonchev–Trinajstić information content (AvgIpc) is 3.07. The molecule has 1 aliphatic rings. The van der Waals surface area contributed by atoms with Crippen LogP contribution in [0.3, 0.4) is 0 Å². The number of likely N-dealkylation sites (N-methyl/N-ethyl adjacent to an activating group) is 1. The number of nitrogens with one attached hydrogen (secondary N) is 1. The fourth-order valence-electron chi connectivity index (χ4n) is 1.72. The van der Waals surface area contributed by atoms with Crippen molar-refractivity contribution < 1.29 is 9.15 Å². The Bertz CT molecular complexity index is 395. The molecule has 1 heterocycles. The molecule has 0 aromatic carbocycles. The fourth-order valence-corrected chi connectivity index (χ4v) is 1.72. The molecule has 1 N–H and O–H groups in total. The van der Waals surface area contributed by atoms with E-state index in [1.807, 2.05) is 6.07 Å². The van der Waals surface area contributed by atoms with Crippen molar-refractivity contribution in [1.29, 1.82) is 0 Å². The Hall–Kier alpha value is -0.840. The van der Waals surface area contributed by atoms with Crippen molar-refractivity contribution in [2.75, 3.05) is 20.7 Å². The lowest BCUT2D eigenvalue weighted by Gasteiger charge is -2.32. The van der Waals surface area contributed by atoms with Gasteiger partial charge in [-0.15, -0.1) is 0 Å². The molecule has 4 heteroatoms. The molecule has 1 fully saturated rings. The van der Waals surface area contributed by atoms with E-state index >= 15 is 0 Å². The van der Waals surface area contributed by atoms with Gasteiger partial charge in [0.15, 0.2) is 0 Å². The smallest absolute Gasteiger partial charge is 0.123 e. The molecule has 0 aliphatic heterocycles. The van der Waals surface area contributed by atoms with Gasteiger partial charge in [-0.1, -0.05) is 0 Å². The number of furan rings is 1. The zero-order valence-corrected chi connectivity index (χ0v) is 12.5. The summed E-state index contributed by atoms with van der Waals surface area (Å²) in [5.74, 6) is 1.01. The van der Waals surface area contributed by atoms with Crippen LogP contribution in [0, 0.1) is 0 Å². The highest BCUT2D eigenvalue weighted by molar-refractivity contribution is 5.16. The summed E-state index contributed by atoms with van der Waals surface area (Å²) in [5.41, 5.74) is 1.21. The van der Waals surface area contributed by atoms with Crippen LogP contribution in [0.1, 0.15) is 38.0 Å². The first kappa shape index (κ1) is 14.6. The third-order valence-electron chi connectivity index (χ3n) is 3.89. The Morgan fingerprint density at radius 1 is 1.42 bits per heavy atom. The topological polar surface area (TPSA) is 37.6 Å². The molecule has 0 amide bonds. The monoisotopic (exact) mass is 266 g/mol. The summed E-state index contributed by atoms with van der Waals surface area (Å²) in [5, 5.41) is 3.47. The normalized spacial score (nSPS) is 16.3. The SMILES string of the molecule is CN(C)C(C)(C)COCc1ccoc1CNC1CC1. The van der Waals surface area contributed by atoms with Crippen LogP contribution in [-0.4, -0.2) is 37.2 Å². The van der Waals surface area contributed by atoms with Crippen molar-refractivity contribution in [1.82, 2.24) is 10.2 Å². The number of nitrogens with zero attached hydrogens (tertiary/aromatic N) is 1. The van der Waals surface area contributed by atoms with Gasteiger partial charge in [0.2, 0.25) is 0 Å². The van der Waals surface area contributed by atoms with E-state index in [1.165, 1.54) is 12.8 Å². The van der Waals surface area contributed by atoms with Crippen molar-refractivity contribution >= 4 is 0 Å². The lowest BCUT2D eigenvalue weighted by Crippen LogP contribution is -2.42. The first-order chi connectivity index (χ1) is 8.99. The molecule has 1 saturated carbocycles. The van der Waals surface area contributed by atoms with Gasteiger partial charge in [0.1, 0.15) is 5.76 Å². The summed E-state index contributed by atoms with van der Waals surface area (Å²) in [6.45, 7) is 6.50. The van der Waals surface area contributed by atoms with E-state index in [1.54, 1.807) is 6.26 Å². The van der Waals surface area contributed by atoms with Gasteiger partial charge in [-0.2, -0.15) is 0 Å². The van der Waals surface area contributed by atoms with Crippen molar-refractivity contribution in [2.24, 2.45) is 0 Å². The first-order valence-corrected chi connectivity index (χ1v) is 7.03. The Labute approximate surface area is 116 Å². The zero-order chi connectivity index (χ0) is 13.9. The van der Waals surface area contributed by atoms with E-state index in [9.17, 15) is 0 Å². The molecular weight excluding hydrogens is 240 g/mol. The van der Waals surface area contributed by atoms with Gasteiger partial charge in [0, 0.05) is 17.1 Å². The number of hydrogen-bond donors (Lipinski definition) is 1. The molecular formula is C15H26N2O2. The quantitative estimate of drug-likeness (QED) is 0.784. The van der Waals surface area contributed by atoms with E-state index in [4.69, 9.17) is 9.15 Å². The van der Waals surface area contributed by atoms with Crippen LogP contribution >= 0.6 is 0 Å². The second-order valence-electron chi connectivity index (χ2n) is 6.22. The lowest BCUT2D eigenvalue weighted by molar-refractivity contribution is 0.0269. The number of ether oxygens (including phenoxy) is 1. The Morgan fingerprint density at radius 3 is 2.79 bits per heavy atom. The highest BCUT2D eigenvalue weighted by Crippen LogP contribution is 2.21. The van der Waals surface area contributed by atoms with Crippen LogP contribution in [0.25, 0.3) is 0 Å². The second kappa shape index (κ2) is 6.07. The van der Waals surface area contributed by atoms with Crippen LogP contribution in [0.4, 0.5) is 0 Å². The average molecular weight is 266 g/mol. The second-order valence-corrected chi connectivity index (χ2v) is 6.22. The zero-order valence-electron chi connectivity index (χ0n) is 12.5. The van der Waals surface area contributed by atoms with E-state index in [-0.39, 0.29) is 5.54 Å². The molecule has 108 valence electrons. The number of hydrogen-bond acceptors (Lipinski definition) is 4. The Kier molecular flexibility index (Phi) is 4.66. The fraction of sp³-hybridized carbons (Fsp3) is 0.733. The van der Waals surface area contributed by atoms with Gasteiger partial charge >= 0.3 is 0 Å². The maximum absolute atomic E-state index is 5.84. The van der Waals surface area contributed by atoms with Crippen molar-refractivity contribution in [3.63, 3.8) is 0 Å². The van der Waals surface area contributed by atoms with Crippen LogP contribution in [0.15, 0.2) is 16.7 Å². The van der Waals surface area contributed by atoms with Gasteiger partial charge in [-0.05, 0) is 46.9 Å². The predicted molar refractivity (Wildman–Crippen MR) is 76.0 cm³/mol. The summed E-state index contributed by atoms with van der Waals surface area (Å²) in [6.07, 6.45) is 4.34. The van der Waals surface area contributed by atoms with Gasteiger partial charge in [-0.25, -0.2) is 0 Å². The molecule has 2 rings (SSSR count). The molecule has 0 spiro atoms. The van der Waals surface area contributed by atoms with E-state index in [0.717, 1.165) is 17.9 Å². The van der Waals surface area contributed by atoms with Gasteiger partial charge < -0.3 is 19.4 Å². The Balaban J connectivity index is 1.77. The van der Waals surface area contributed by atoms with Crippen LogP contribution in [-0.2, 0) is 17.9 Å². The van der Waals surface area contributed by atoms with Crippen LogP contribution in [0.2, 0.25) is 0 Å². The largest absolute Gasteiger partial charge is 0.468 e. The maximum atomic E-state index is 5.84. The first-order valence-electron chi connectivity index (χ1n) is 7.03. The van der Waals surface area contributed by atoms with Gasteiger partial charge in [0.25, 0.3) is 0 Å². The van der Waals surface area contributed by atoms with E-state index < -0.39 is 0 Å². The highest BCUT2D eigenvalue weighted by Gasteiger charge is 2.22. The molecule has 0 atom stereocenters. The van der Waals surface area contributed by atoms with Crippen molar-refractivity contribution in [3.8, 4) is 0 Å². The number of rotatable bonds is 8. The molecule has 1 aliphatic carbocycles.